The number of aromatic nitrogens is 5. The van der Waals surface area contributed by atoms with Crippen LogP contribution in [0.5, 0.6) is 0 Å². The molecule has 5 rings (SSSR count). The first-order chi connectivity index (χ1) is 13.2. The Hall–Kier alpha value is -3.13. The number of anilines is 1. The number of aromatic amines is 2. The monoisotopic (exact) mass is 364 g/mol. The van der Waals surface area contributed by atoms with Crippen molar-refractivity contribution >= 4 is 27.9 Å². The Bertz CT molecular complexity index is 1180. The zero-order valence-electron chi connectivity index (χ0n) is 14.7. The topological polar surface area (TPSA) is 115 Å². The van der Waals surface area contributed by atoms with Crippen molar-refractivity contribution in [1.29, 1.82) is 0 Å². The number of H-pyrrole nitrogens is 2. The summed E-state index contributed by atoms with van der Waals surface area (Å²) in [5.41, 5.74) is 10.1. The van der Waals surface area contributed by atoms with Crippen LogP contribution in [0.25, 0.3) is 33.2 Å². The highest BCUT2D eigenvalue weighted by Crippen LogP contribution is 2.27. The van der Waals surface area contributed by atoms with Gasteiger partial charge in [-0.1, -0.05) is 6.07 Å². The van der Waals surface area contributed by atoms with E-state index in [1.807, 2.05) is 24.3 Å². The third-order valence-electron chi connectivity index (χ3n) is 5.34. The molecule has 27 heavy (non-hydrogen) atoms. The summed E-state index contributed by atoms with van der Waals surface area (Å²) in [6, 6.07) is 7.95. The van der Waals surface area contributed by atoms with Crippen LogP contribution in [0.1, 0.15) is 12.8 Å². The summed E-state index contributed by atoms with van der Waals surface area (Å²) in [5.74, 6) is 0.917. The van der Waals surface area contributed by atoms with Gasteiger partial charge in [0.2, 0.25) is 0 Å². The summed E-state index contributed by atoms with van der Waals surface area (Å²) in [6.07, 6.45) is 3.72. The molecule has 0 saturated carbocycles. The van der Waals surface area contributed by atoms with E-state index in [4.69, 9.17) is 10.5 Å². The normalized spacial score (nSPS) is 15.7. The van der Waals surface area contributed by atoms with E-state index >= 15 is 0 Å². The number of rotatable bonds is 3. The fourth-order valence-electron chi connectivity index (χ4n) is 3.77. The van der Waals surface area contributed by atoms with Crippen molar-refractivity contribution in [2.24, 2.45) is 5.92 Å². The highest BCUT2D eigenvalue weighted by Gasteiger charge is 2.18. The Balaban J connectivity index is 1.58. The van der Waals surface area contributed by atoms with Gasteiger partial charge >= 0.3 is 5.69 Å². The van der Waals surface area contributed by atoms with Crippen LogP contribution < -0.4 is 11.4 Å². The third-order valence-corrected chi connectivity index (χ3v) is 5.34. The molecule has 0 atom stereocenters. The van der Waals surface area contributed by atoms with Gasteiger partial charge in [0.1, 0.15) is 0 Å². The van der Waals surface area contributed by atoms with E-state index in [0.29, 0.717) is 23.9 Å². The Labute approximate surface area is 154 Å². The maximum absolute atomic E-state index is 12.5. The van der Waals surface area contributed by atoms with E-state index in [1.165, 1.54) is 0 Å². The molecule has 8 nitrogen and oxygen atoms in total. The van der Waals surface area contributed by atoms with E-state index in [2.05, 4.69) is 20.2 Å². The van der Waals surface area contributed by atoms with Crippen molar-refractivity contribution in [3.63, 3.8) is 0 Å². The molecule has 1 aliphatic rings. The van der Waals surface area contributed by atoms with Gasteiger partial charge in [0.25, 0.3) is 0 Å². The highest BCUT2D eigenvalue weighted by atomic mass is 16.5. The minimum Gasteiger partial charge on any atom is -0.382 e. The standard InChI is InChI=1S/C19H20N6O2/c20-17-14-7-12(1-2-15(14)23-24-17)13-8-16-18(21-9-13)22-19(26)25(16)10-11-3-5-27-6-4-11/h1-2,7-9,11H,3-6,10H2,(H3,20,23,24)(H,21,22,26). The second kappa shape index (κ2) is 6.24. The average molecular weight is 364 g/mol. The summed E-state index contributed by atoms with van der Waals surface area (Å²) in [5, 5.41) is 7.82. The average Bonchev–Trinajstić information content (AvgIpc) is 3.22. The molecule has 1 saturated heterocycles. The largest absolute Gasteiger partial charge is 0.382 e. The van der Waals surface area contributed by atoms with Gasteiger partial charge in [-0.05, 0) is 42.5 Å². The fourth-order valence-corrected chi connectivity index (χ4v) is 3.77. The van der Waals surface area contributed by atoms with E-state index < -0.39 is 0 Å². The van der Waals surface area contributed by atoms with Crippen molar-refractivity contribution in [3.8, 4) is 11.1 Å². The summed E-state index contributed by atoms with van der Waals surface area (Å²) < 4.78 is 7.22. The zero-order chi connectivity index (χ0) is 18.4. The number of benzene rings is 1. The predicted octanol–water partition coefficient (Wildman–Crippen LogP) is 2.28. The molecule has 4 N–H and O–H groups in total. The molecule has 0 amide bonds. The van der Waals surface area contributed by atoms with Crippen molar-refractivity contribution in [2.75, 3.05) is 18.9 Å². The van der Waals surface area contributed by atoms with Crippen LogP contribution in [0.15, 0.2) is 35.3 Å². The Morgan fingerprint density at radius 1 is 1.22 bits per heavy atom. The Kier molecular flexibility index (Phi) is 3.71. The number of nitrogens with zero attached hydrogens (tertiary/aromatic N) is 3. The van der Waals surface area contributed by atoms with Crippen molar-refractivity contribution in [2.45, 2.75) is 19.4 Å². The molecule has 0 aliphatic carbocycles. The van der Waals surface area contributed by atoms with Crippen LogP contribution in [0.2, 0.25) is 0 Å². The number of nitrogens with one attached hydrogen (secondary N) is 2. The second-order valence-corrected chi connectivity index (χ2v) is 7.06. The minimum atomic E-state index is -0.115. The lowest BCUT2D eigenvalue weighted by molar-refractivity contribution is 0.0613. The van der Waals surface area contributed by atoms with Gasteiger partial charge in [-0.2, -0.15) is 5.10 Å². The molecule has 1 aromatic carbocycles. The molecule has 138 valence electrons. The second-order valence-electron chi connectivity index (χ2n) is 7.06. The zero-order valence-corrected chi connectivity index (χ0v) is 14.7. The van der Waals surface area contributed by atoms with Crippen LogP contribution in [0.4, 0.5) is 5.82 Å². The maximum Gasteiger partial charge on any atom is 0.327 e. The number of hydrogen-bond donors (Lipinski definition) is 3. The molecule has 0 spiro atoms. The third kappa shape index (κ3) is 2.78. The molecule has 0 radical (unpaired) electrons. The van der Waals surface area contributed by atoms with E-state index in [1.54, 1.807) is 10.8 Å². The first-order valence-corrected chi connectivity index (χ1v) is 9.09. The molecule has 0 bridgehead atoms. The van der Waals surface area contributed by atoms with E-state index in [-0.39, 0.29) is 5.69 Å². The molecule has 3 aromatic heterocycles. The van der Waals surface area contributed by atoms with Crippen LogP contribution in [0.3, 0.4) is 0 Å². The fraction of sp³-hybridized carbons (Fsp3) is 0.316. The summed E-state index contributed by atoms with van der Waals surface area (Å²) in [6.45, 7) is 2.20. The predicted molar refractivity (Wildman–Crippen MR) is 103 cm³/mol. The quantitative estimate of drug-likeness (QED) is 0.516. The van der Waals surface area contributed by atoms with E-state index in [9.17, 15) is 4.79 Å². The molecule has 0 unspecified atom stereocenters. The van der Waals surface area contributed by atoms with E-state index in [0.717, 1.165) is 53.6 Å². The van der Waals surface area contributed by atoms with Gasteiger partial charge in [0.15, 0.2) is 11.5 Å². The molecule has 1 fully saturated rings. The molecule has 4 heterocycles. The lowest BCUT2D eigenvalue weighted by Gasteiger charge is -2.22. The van der Waals surface area contributed by atoms with Crippen LogP contribution in [-0.2, 0) is 11.3 Å². The number of ether oxygens (including phenoxy) is 1. The first-order valence-electron chi connectivity index (χ1n) is 9.09. The molecule has 8 heteroatoms. The lowest BCUT2D eigenvalue weighted by Crippen LogP contribution is -2.25. The molecule has 4 aromatic rings. The first kappa shape index (κ1) is 16.1. The van der Waals surface area contributed by atoms with Gasteiger partial charge in [0, 0.05) is 36.9 Å². The summed E-state index contributed by atoms with van der Waals surface area (Å²) in [7, 11) is 0. The molecular formula is C19H20N6O2. The summed E-state index contributed by atoms with van der Waals surface area (Å²) in [4.78, 5) is 19.8. The number of nitrogen functional groups attached to an aromatic ring is 1. The SMILES string of the molecule is Nc1n[nH]c2ccc(-c3cnc4[nH]c(=O)n(CC5CCOCC5)c4c3)cc12. The van der Waals surface area contributed by atoms with Crippen molar-refractivity contribution in [1.82, 2.24) is 24.7 Å². The van der Waals surface area contributed by atoms with Crippen LogP contribution in [0, 0.1) is 5.92 Å². The van der Waals surface area contributed by atoms with Gasteiger partial charge in [-0.25, -0.2) is 9.78 Å². The number of hydrogen-bond acceptors (Lipinski definition) is 5. The van der Waals surface area contributed by atoms with Gasteiger partial charge in [-0.3, -0.25) is 14.6 Å². The number of imidazole rings is 1. The Morgan fingerprint density at radius 3 is 2.93 bits per heavy atom. The van der Waals surface area contributed by atoms with Gasteiger partial charge in [-0.15, -0.1) is 0 Å². The highest BCUT2D eigenvalue weighted by molar-refractivity contribution is 5.92. The summed E-state index contributed by atoms with van der Waals surface area (Å²) >= 11 is 0. The maximum atomic E-state index is 12.5. The lowest BCUT2D eigenvalue weighted by atomic mass is 10.0. The minimum absolute atomic E-state index is 0.115. The Morgan fingerprint density at radius 2 is 2.07 bits per heavy atom. The number of nitrogens with two attached hydrogens (primary N) is 1. The van der Waals surface area contributed by atoms with Gasteiger partial charge in [0.05, 0.1) is 11.0 Å². The molecule has 1 aliphatic heterocycles. The molecular weight excluding hydrogens is 344 g/mol. The van der Waals surface area contributed by atoms with Gasteiger partial charge < -0.3 is 10.5 Å². The smallest absolute Gasteiger partial charge is 0.327 e. The van der Waals surface area contributed by atoms with Crippen LogP contribution in [-0.4, -0.2) is 37.9 Å². The van der Waals surface area contributed by atoms with Crippen molar-refractivity contribution in [3.05, 3.63) is 40.9 Å². The van der Waals surface area contributed by atoms with Crippen molar-refractivity contribution < 1.29 is 4.74 Å². The number of pyridine rings is 1. The van der Waals surface area contributed by atoms with Crippen LogP contribution >= 0.6 is 0 Å². The number of fused-ring (bicyclic) bond motifs is 2.